The van der Waals surface area contributed by atoms with Crippen LogP contribution in [-0.4, -0.2) is 46.9 Å². The minimum atomic E-state index is -0.160. The van der Waals surface area contributed by atoms with Gasteiger partial charge in [0.25, 0.3) is 0 Å². The van der Waals surface area contributed by atoms with Crippen molar-refractivity contribution in [3.05, 3.63) is 17.3 Å². The molecule has 2 N–H and O–H groups in total. The first-order valence-electron chi connectivity index (χ1n) is 8.20. The fourth-order valence-corrected chi connectivity index (χ4v) is 2.90. The quantitative estimate of drug-likeness (QED) is 0.826. The minimum Gasteiger partial charge on any atom is -0.394 e. The Morgan fingerprint density at radius 2 is 2.13 bits per heavy atom. The molecule has 1 aliphatic heterocycles. The lowest BCUT2D eigenvalue weighted by molar-refractivity contribution is -0.127. The van der Waals surface area contributed by atoms with Crippen molar-refractivity contribution in [1.29, 1.82) is 0 Å². The molecule has 0 bridgehead atoms. The Morgan fingerprint density at radius 3 is 2.65 bits per heavy atom. The van der Waals surface area contributed by atoms with Crippen molar-refractivity contribution in [3.63, 3.8) is 0 Å². The fourth-order valence-electron chi connectivity index (χ4n) is 2.80. The smallest absolute Gasteiger partial charge is 0.223 e. The molecule has 0 radical (unpaired) electrons. The summed E-state index contributed by atoms with van der Waals surface area (Å²) in [6.45, 7) is 5.62. The average Bonchev–Trinajstić information content (AvgIpc) is 2.59. The number of hydrogen-bond donors (Lipinski definition) is 2. The van der Waals surface area contributed by atoms with E-state index in [-0.39, 0.29) is 30.4 Å². The molecule has 0 unspecified atom stereocenters. The van der Waals surface area contributed by atoms with Crippen molar-refractivity contribution in [2.24, 2.45) is 11.8 Å². The number of carbonyl (C=O) groups is 1. The van der Waals surface area contributed by atoms with Crippen LogP contribution in [0.15, 0.2) is 12.1 Å². The Morgan fingerprint density at radius 1 is 1.43 bits per heavy atom. The first-order valence-corrected chi connectivity index (χ1v) is 8.58. The lowest BCUT2D eigenvalue weighted by atomic mass is 9.94. The maximum atomic E-state index is 12.4. The van der Waals surface area contributed by atoms with Crippen LogP contribution in [0.2, 0.25) is 5.15 Å². The van der Waals surface area contributed by atoms with Crippen molar-refractivity contribution in [1.82, 2.24) is 15.5 Å². The highest BCUT2D eigenvalue weighted by Gasteiger charge is 2.28. The van der Waals surface area contributed by atoms with Crippen LogP contribution in [0, 0.1) is 11.8 Å². The lowest BCUT2D eigenvalue weighted by Crippen LogP contribution is -2.47. The van der Waals surface area contributed by atoms with Gasteiger partial charge in [0.1, 0.15) is 0 Å². The molecule has 6 nitrogen and oxygen atoms in total. The summed E-state index contributed by atoms with van der Waals surface area (Å²) in [5.41, 5.74) is 0. The van der Waals surface area contributed by atoms with E-state index in [0.717, 1.165) is 38.2 Å². The van der Waals surface area contributed by atoms with Crippen molar-refractivity contribution in [2.45, 2.75) is 39.2 Å². The third kappa shape index (κ3) is 4.78. The predicted octanol–water partition coefficient (Wildman–Crippen LogP) is 1.87. The highest BCUT2D eigenvalue weighted by Crippen LogP contribution is 2.22. The van der Waals surface area contributed by atoms with Crippen LogP contribution >= 0.6 is 11.6 Å². The number of rotatable bonds is 6. The molecule has 1 aromatic heterocycles. The maximum absolute atomic E-state index is 12.4. The van der Waals surface area contributed by atoms with Crippen LogP contribution in [0.4, 0.5) is 5.82 Å². The molecule has 128 valence electrons. The van der Waals surface area contributed by atoms with E-state index in [1.165, 1.54) is 0 Å². The monoisotopic (exact) mass is 340 g/mol. The molecule has 0 aliphatic carbocycles. The Labute approximate surface area is 142 Å². The van der Waals surface area contributed by atoms with E-state index >= 15 is 0 Å². The molecule has 1 amide bonds. The van der Waals surface area contributed by atoms with E-state index in [2.05, 4.69) is 27.3 Å². The second-order valence-corrected chi connectivity index (χ2v) is 6.55. The molecule has 23 heavy (non-hydrogen) atoms. The van der Waals surface area contributed by atoms with E-state index in [1.807, 2.05) is 13.0 Å². The van der Waals surface area contributed by atoms with E-state index in [4.69, 9.17) is 11.6 Å². The van der Waals surface area contributed by atoms with Gasteiger partial charge in [0, 0.05) is 19.0 Å². The summed E-state index contributed by atoms with van der Waals surface area (Å²) in [5, 5.41) is 20.7. The summed E-state index contributed by atoms with van der Waals surface area (Å²) < 4.78 is 0. The predicted molar refractivity (Wildman–Crippen MR) is 90.5 cm³/mol. The van der Waals surface area contributed by atoms with E-state index in [9.17, 15) is 9.90 Å². The molecule has 2 rings (SSSR count). The highest BCUT2D eigenvalue weighted by molar-refractivity contribution is 6.29. The SMILES string of the molecule is CC[C@@H](C)[C@@H](CO)NC(=O)C1CCN(c2ccc(Cl)nn2)CC1. The number of nitrogens with one attached hydrogen (secondary N) is 1. The van der Waals surface area contributed by atoms with Crippen molar-refractivity contribution >= 4 is 23.3 Å². The second kappa shape index (κ2) is 8.45. The number of aliphatic hydroxyl groups is 1. The van der Waals surface area contributed by atoms with E-state index in [0.29, 0.717) is 5.15 Å². The van der Waals surface area contributed by atoms with Crippen LogP contribution in [0.25, 0.3) is 0 Å². The number of piperidine rings is 1. The molecule has 1 aliphatic rings. The van der Waals surface area contributed by atoms with E-state index in [1.54, 1.807) is 6.07 Å². The Hall–Kier alpha value is -1.40. The average molecular weight is 341 g/mol. The number of nitrogens with zero attached hydrogens (tertiary/aromatic N) is 3. The molecular weight excluding hydrogens is 316 g/mol. The zero-order chi connectivity index (χ0) is 16.8. The first kappa shape index (κ1) is 17.9. The fraction of sp³-hybridized carbons (Fsp3) is 0.688. The Bertz CT molecular complexity index is 503. The summed E-state index contributed by atoms with van der Waals surface area (Å²) in [7, 11) is 0. The summed E-state index contributed by atoms with van der Waals surface area (Å²) in [4.78, 5) is 14.5. The zero-order valence-electron chi connectivity index (χ0n) is 13.7. The summed E-state index contributed by atoms with van der Waals surface area (Å²) in [6, 6.07) is 3.41. The normalized spacial score (nSPS) is 18.5. The van der Waals surface area contributed by atoms with E-state index < -0.39 is 0 Å². The molecule has 2 atom stereocenters. The van der Waals surface area contributed by atoms with Gasteiger partial charge in [-0.15, -0.1) is 10.2 Å². The maximum Gasteiger partial charge on any atom is 0.223 e. The van der Waals surface area contributed by atoms with Crippen LogP contribution in [-0.2, 0) is 4.79 Å². The number of anilines is 1. The van der Waals surface area contributed by atoms with Gasteiger partial charge in [0.15, 0.2) is 11.0 Å². The highest BCUT2D eigenvalue weighted by atomic mass is 35.5. The molecule has 7 heteroatoms. The molecule has 2 heterocycles. The largest absolute Gasteiger partial charge is 0.394 e. The van der Waals surface area contributed by atoms with Gasteiger partial charge in [-0.25, -0.2) is 0 Å². The molecular formula is C16H25ClN4O2. The number of aliphatic hydroxyl groups excluding tert-OH is 1. The Kier molecular flexibility index (Phi) is 6.59. The van der Waals surface area contributed by atoms with Gasteiger partial charge in [0.05, 0.1) is 12.6 Å². The number of hydrogen-bond acceptors (Lipinski definition) is 5. The van der Waals surface area contributed by atoms with Gasteiger partial charge >= 0.3 is 0 Å². The number of amides is 1. The third-order valence-corrected chi connectivity index (χ3v) is 4.86. The number of halogens is 1. The summed E-state index contributed by atoms with van der Waals surface area (Å²) in [6.07, 6.45) is 2.47. The Balaban J connectivity index is 1.86. The van der Waals surface area contributed by atoms with Crippen LogP contribution in [0.3, 0.4) is 0 Å². The molecule has 1 aromatic rings. The topological polar surface area (TPSA) is 78.4 Å². The van der Waals surface area contributed by atoms with Crippen molar-refractivity contribution in [2.75, 3.05) is 24.6 Å². The standard InChI is InChI=1S/C16H25ClN4O2/c1-3-11(2)13(10-22)18-16(23)12-6-8-21(9-7-12)15-5-4-14(17)19-20-15/h4-5,11-13,22H,3,6-10H2,1-2H3,(H,18,23)/t11-,13-/m1/s1. The van der Waals surface area contributed by atoms with Gasteiger partial charge in [-0.2, -0.15) is 0 Å². The lowest BCUT2D eigenvalue weighted by Gasteiger charge is -2.33. The van der Waals surface area contributed by atoms with Gasteiger partial charge in [-0.1, -0.05) is 31.9 Å². The summed E-state index contributed by atoms with van der Waals surface area (Å²) in [5.74, 6) is 1.10. The van der Waals surface area contributed by atoms with Gasteiger partial charge in [-0.3, -0.25) is 4.79 Å². The van der Waals surface area contributed by atoms with Gasteiger partial charge in [-0.05, 0) is 30.9 Å². The van der Waals surface area contributed by atoms with Crippen LogP contribution in [0.1, 0.15) is 33.1 Å². The molecule has 0 spiro atoms. The minimum absolute atomic E-state index is 0.00962. The van der Waals surface area contributed by atoms with Gasteiger partial charge < -0.3 is 15.3 Å². The summed E-state index contributed by atoms with van der Waals surface area (Å²) >= 11 is 5.75. The molecule has 1 saturated heterocycles. The second-order valence-electron chi connectivity index (χ2n) is 6.16. The van der Waals surface area contributed by atoms with Crippen molar-refractivity contribution < 1.29 is 9.90 Å². The van der Waals surface area contributed by atoms with Gasteiger partial charge in [0.2, 0.25) is 5.91 Å². The number of aromatic nitrogens is 2. The molecule has 1 fully saturated rings. The van der Waals surface area contributed by atoms with Crippen LogP contribution < -0.4 is 10.2 Å². The first-order chi connectivity index (χ1) is 11.0. The van der Waals surface area contributed by atoms with Crippen LogP contribution in [0.5, 0.6) is 0 Å². The molecule has 0 aromatic carbocycles. The van der Waals surface area contributed by atoms with Crippen molar-refractivity contribution in [3.8, 4) is 0 Å². The zero-order valence-corrected chi connectivity index (χ0v) is 14.5. The number of carbonyl (C=O) groups excluding carboxylic acids is 1. The molecule has 0 saturated carbocycles. The third-order valence-electron chi connectivity index (χ3n) is 4.66.